The molecule has 0 aromatic carbocycles. The molecule has 0 saturated heterocycles. The van der Waals surface area contributed by atoms with Crippen molar-refractivity contribution >= 4 is 4.72 Å². The Morgan fingerprint density at radius 1 is 1.55 bits per heavy atom. The van der Waals surface area contributed by atoms with E-state index in [0.717, 1.165) is 26.7 Å². The van der Waals surface area contributed by atoms with Gasteiger partial charge in [0.2, 0.25) is 0 Å². The second-order valence-corrected chi connectivity index (χ2v) is 2.74. The molecule has 4 heteroatoms. The van der Waals surface area contributed by atoms with E-state index in [4.69, 9.17) is 0 Å². The van der Waals surface area contributed by atoms with Crippen molar-refractivity contribution < 1.29 is 28.9 Å². The van der Waals surface area contributed by atoms with Gasteiger partial charge < -0.3 is 9.41 Å². The summed E-state index contributed by atoms with van der Waals surface area (Å²) in [6, 6.07) is 0. The first-order valence-corrected chi connectivity index (χ1v) is 4.23. The Morgan fingerprint density at radius 2 is 2.18 bits per heavy atom. The Hall–Kier alpha value is -0.484. The quantitative estimate of drug-likeness (QED) is 0.444. The molecule has 0 unspecified atom stereocenters. The van der Waals surface area contributed by atoms with Gasteiger partial charge in [-0.1, -0.05) is 0 Å². The maximum atomic E-state index is 10.9. The summed E-state index contributed by atoms with van der Waals surface area (Å²) in [4.78, 5) is 10.9. The number of carbonyl (C=O) groups is 1. The molecule has 0 spiro atoms. The summed E-state index contributed by atoms with van der Waals surface area (Å²) in [5.74, 6) is 1.86. The van der Waals surface area contributed by atoms with Crippen LogP contribution in [-0.4, -0.2) is 4.72 Å². The van der Waals surface area contributed by atoms with Gasteiger partial charge in [0.05, 0.1) is 0 Å². The Balaban J connectivity index is 0. The molecule has 0 amide bonds. The van der Waals surface area contributed by atoms with Crippen molar-refractivity contribution in [3.63, 3.8) is 0 Å². The van der Waals surface area contributed by atoms with Gasteiger partial charge in [-0.15, -0.1) is 0 Å². The van der Waals surface area contributed by atoms with E-state index in [1.54, 1.807) is 0 Å². The number of carbonyl (C=O) groups excluding carboxylic acids is 1. The van der Waals surface area contributed by atoms with E-state index in [1.807, 2.05) is 24.1 Å². The molecule has 0 radical (unpaired) electrons. The average molecular weight is 205 g/mol. The molecule has 0 saturated carbocycles. The molecule has 1 rings (SSSR count). The summed E-state index contributed by atoms with van der Waals surface area (Å²) in [6.45, 7) is 0. The fraction of sp³-hybridized carbons (Fsp3) is 0.286. The van der Waals surface area contributed by atoms with Gasteiger partial charge in [-0.3, -0.25) is 0 Å². The monoisotopic (exact) mass is 205 g/mol. The van der Waals surface area contributed by atoms with Crippen LogP contribution in [0.5, 0.6) is 0 Å². The minimum Gasteiger partial charge on any atom is -1.00 e. The van der Waals surface area contributed by atoms with Gasteiger partial charge in [0.1, 0.15) is 0 Å². The molecule has 1 aliphatic rings. The average Bonchev–Trinajstić information content (AvgIpc) is 2.37. The van der Waals surface area contributed by atoms with Gasteiger partial charge in [-0.2, -0.15) is 0 Å². The van der Waals surface area contributed by atoms with Crippen LogP contribution in [0.4, 0.5) is 0 Å². The molecule has 0 aromatic heterocycles. The predicted octanol–water partition coefficient (Wildman–Crippen LogP) is -4.46. The van der Waals surface area contributed by atoms with Crippen LogP contribution in [0.1, 0.15) is 6.42 Å². The van der Waals surface area contributed by atoms with Gasteiger partial charge in [-0.25, -0.2) is 0 Å². The van der Waals surface area contributed by atoms with Crippen LogP contribution in [0, 0.1) is 0 Å². The van der Waals surface area contributed by atoms with Crippen molar-refractivity contribution in [1.82, 2.24) is 0 Å². The summed E-state index contributed by atoms with van der Waals surface area (Å²) >= 11 is 0.873. The Morgan fingerprint density at radius 3 is 2.55 bits per heavy atom. The minimum absolute atomic E-state index is 0. The molecule has 0 heterocycles. The standard InChI is InChI=1S/C6H5O.CH3.Co.2FH/c7-5-6-3-1-2-4-6;;;;/h1-3H,4H2;1H3;;2*1H/q;;+2;;/p-2. The largest absolute Gasteiger partial charge is 1.00 e. The fourth-order valence-electron chi connectivity index (χ4n) is 0.692. The molecule has 0 bridgehead atoms. The molecular weight excluding hydrogens is 197 g/mol. The maximum absolute atomic E-state index is 10.9. The molecule has 0 N–H and O–H groups in total. The summed E-state index contributed by atoms with van der Waals surface area (Å²) in [6.07, 6.45) is 6.65. The third-order valence-electron chi connectivity index (χ3n) is 1.16. The van der Waals surface area contributed by atoms with Crippen LogP contribution < -0.4 is 9.41 Å². The second-order valence-electron chi connectivity index (χ2n) is 1.74. The molecule has 65 valence electrons. The number of allylic oxidation sites excluding steroid dienone is 4. The number of rotatable bonds is 2. The van der Waals surface area contributed by atoms with Crippen LogP contribution in [-0.2, 0) is 19.5 Å². The third-order valence-corrected chi connectivity index (χ3v) is 1.97. The summed E-state index contributed by atoms with van der Waals surface area (Å²) in [5, 5.41) is 0. The fourth-order valence-corrected chi connectivity index (χ4v) is 1.22. The van der Waals surface area contributed by atoms with Crippen molar-refractivity contribution in [2.24, 2.45) is 0 Å². The van der Waals surface area contributed by atoms with Gasteiger partial charge >= 0.3 is 60.3 Å². The molecule has 1 nitrogen and oxygen atoms in total. The molecule has 0 aromatic rings. The summed E-state index contributed by atoms with van der Waals surface area (Å²) in [5.41, 5.74) is 0.942. The smallest absolute Gasteiger partial charge is 1.00 e. The first-order chi connectivity index (χ1) is 4.34. The van der Waals surface area contributed by atoms with Crippen molar-refractivity contribution in [1.29, 1.82) is 0 Å². The molecule has 0 fully saturated rings. The van der Waals surface area contributed by atoms with Crippen molar-refractivity contribution in [3.8, 4) is 0 Å². The third kappa shape index (κ3) is 3.43. The van der Waals surface area contributed by atoms with E-state index in [1.165, 1.54) is 0 Å². The predicted molar refractivity (Wildman–Crippen MR) is 32.7 cm³/mol. The van der Waals surface area contributed by atoms with E-state index < -0.39 is 0 Å². The topological polar surface area (TPSA) is 17.1 Å². The zero-order chi connectivity index (χ0) is 6.69. The minimum atomic E-state index is 0. The SMILES string of the molecule is [CH3][Co+2][C](=O)C1=CC=CC1.[F-].[F-]. The second kappa shape index (κ2) is 6.24. The summed E-state index contributed by atoms with van der Waals surface area (Å²) < 4.78 is 0.247. The van der Waals surface area contributed by atoms with E-state index >= 15 is 0 Å². The summed E-state index contributed by atoms with van der Waals surface area (Å²) in [7, 11) is 0. The van der Waals surface area contributed by atoms with E-state index in [9.17, 15) is 4.79 Å². The van der Waals surface area contributed by atoms with Crippen LogP contribution >= 0.6 is 0 Å². The number of hydrogen-bond acceptors (Lipinski definition) is 1. The molecule has 1 aliphatic carbocycles. The van der Waals surface area contributed by atoms with Crippen molar-refractivity contribution in [3.05, 3.63) is 23.8 Å². The number of halogens is 2. The Kier molecular flexibility index (Phi) is 7.45. The van der Waals surface area contributed by atoms with Crippen LogP contribution in [0.2, 0.25) is 5.86 Å². The Labute approximate surface area is 70.3 Å². The molecule has 0 aliphatic heterocycles. The first kappa shape index (κ1) is 13.1. The van der Waals surface area contributed by atoms with Crippen molar-refractivity contribution in [2.45, 2.75) is 12.3 Å². The van der Waals surface area contributed by atoms with Crippen LogP contribution in [0.25, 0.3) is 0 Å². The van der Waals surface area contributed by atoms with Gasteiger partial charge in [-0.05, 0) is 0 Å². The molecule has 0 atom stereocenters. The number of hydrogen-bond donors (Lipinski definition) is 0. The van der Waals surface area contributed by atoms with Gasteiger partial charge in [0.15, 0.2) is 0 Å². The normalized spacial score (nSPS) is 13.0. The van der Waals surface area contributed by atoms with E-state index in [-0.39, 0.29) is 14.1 Å². The zero-order valence-corrected chi connectivity index (χ0v) is 6.98. The van der Waals surface area contributed by atoms with Crippen LogP contribution in [0.15, 0.2) is 23.8 Å². The molecular formula is C7H8CoF2O. The van der Waals surface area contributed by atoms with E-state index in [0.29, 0.717) is 0 Å². The van der Waals surface area contributed by atoms with Gasteiger partial charge in [0.25, 0.3) is 0 Å². The Bertz CT molecular complexity index is 187. The maximum Gasteiger partial charge on any atom is -1.00 e. The van der Waals surface area contributed by atoms with Gasteiger partial charge in [0, 0.05) is 0 Å². The first-order valence-electron chi connectivity index (χ1n) is 2.67. The zero-order valence-electron chi connectivity index (χ0n) is 5.94. The van der Waals surface area contributed by atoms with Crippen molar-refractivity contribution in [2.75, 3.05) is 0 Å². The van der Waals surface area contributed by atoms with E-state index in [2.05, 4.69) is 0 Å². The molecule has 11 heavy (non-hydrogen) atoms. The van der Waals surface area contributed by atoms with Crippen LogP contribution in [0.3, 0.4) is 0 Å².